The summed E-state index contributed by atoms with van der Waals surface area (Å²) in [7, 11) is 0. The first-order chi connectivity index (χ1) is 11.7. The summed E-state index contributed by atoms with van der Waals surface area (Å²) in [6, 6.07) is 8.10. The molecule has 1 fully saturated rings. The number of rotatable bonds is 7. The summed E-state index contributed by atoms with van der Waals surface area (Å²) < 4.78 is 5.71. The predicted octanol–water partition coefficient (Wildman–Crippen LogP) is 3.86. The molecule has 1 aliphatic rings. The molecule has 2 aromatic rings. The van der Waals surface area contributed by atoms with Gasteiger partial charge in [0.2, 0.25) is 0 Å². The third-order valence-corrected chi connectivity index (χ3v) is 5.49. The highest BCUT2D eigenvalue weighted by Crippen LogP contribution is 2.30. The summed E-state index contributed by atoms with van der Waals surface area (Å²) in [6.45, 7) is 7.30. The van der Waals surface area contributed by atoms with Crippen molar-refractivity contribution in [2.24, 2.45) is 0 Å². The maximum Gasteiger partial charge on any atom is 0.122 e. The Morgan fingerprint density at radius 2 is 2.17 bits per heavy atom. The summed E-state index contributed by atoms with van der Waals surface area (Å²) in [5.74, 6) is 0. The summed E-state index contributed by atoms with van der Waals surface area (Å²) in [6.07, 6.45) is 1.93. The number of thiazole rings is 1. The number of likely N-dealkylation sites (N-methyl/N-ethyl adjacent to an activating group) is 1. The SMILES string of the molecule is CCN(Cc1csc(C2CCCO2)n1)CC(O)c1ccc(C)cc1. The van der Waals surface area contributed by atoms with Crippen molar-refractivity contribution < 1.29 is 9.84 Å². The number of nitrogens with zero attached hydrogens (tertiary/aromatic N) is 2. The van der Waals surface area contributed by atoms with Crippen LogP contribution in [-0.2, 0) is 11.3 Å². The quantitative estimate of drug-likeness (QED) is 0.827. The summed E-state index contributed by atoms with van der Waals surface area (Å²) in [5, 5.41) is 13.7. The highest BCUT2D eigenvalue weighted by molar-refractivity contribution is 7.09. The minimum absolute atomic E-state index is 0.192. The minimum atomic E-state index is -0.471. The Hall–Kier alpha value is -1.27. The van der Waals surface area contributed by atoms with Crippen LogP contribution >= 0.6 is 11.3 Å². The smallest absolute Gasteiger partial charge is 0.122 e. The molecule has 2 heterocycles. The number of hydrogen-bond donors (Lipinski definition) is 1. The van der Waals surface area contributed by atoms with E-state index in [1.165, 1.54) is 5.56 Å². The highest BCUT2D eigenvalue weighted by Gasteiger charge is 2.21. The molecule has 2 atom stereocenters. The van der Waals surface area contributed by atoms with Crippen molar-refractivity contribution in [1.82, 2.24) is 9.88 Å². The monoisotopic (exact) mass is 346 g/mol. The first-order valence-corrected chi connectivity index (χ1v) is 9.56. The molecule has 0 spiro atoms. The number of aryl methyl sites for hydroxylation is 1. The number of hydrogen-bond acceptors (Lipinski definition) is 5. The number of benzene rings is 1. The normalized spacial score (nSPS) is 19.1. The molecular weight excluding hydrogens is 320 g/mol. The van der Waals surface area contributed by atoms with Gasteiger partial charge in [-0.25, -0.2) is 4.98 Å². The van der Waals surface area contributed by atoms with Gasteiger partial charge in [0, 0.05) is 25.1 Å². The first-order valence-electron chi connectivity index (χ1n) is 8.68. The lowest BCUT2D eigenvalue weighted by Gasteiger charge is -2.23. The van der Waals surface area contributed by atoms with Crippen molar-refractivity contribution in [2.45, 2.75) is 45.4 Å². The maximum atomic E-state index is 10.5. The Kier molecular flexibility index (Phi) is 6.00. The zero-order chi connectivity index (χ0) is 16.9. The van der Waals surface area contributed by atoms with E-state index in [1.54, 1.807) is 11.3 Å². The summed E-state index contributed by atoms with van der Waals surface area (Å²) >= 11 is 1.69. The van der Waals surface area contributed by atoms with Gasteiger partial charge in [0.05, 0.1) is 11.8 Å². The van der Waals surface area contributed by atoms with Crippen molar-refractivity contribution in [3.05, 3.63) is 51.5 Å². The van der Waals surface area contributed by atoms with Gasteiger partial charge in [0.15, 0.2) is 0 Å². The fourth-order valence-corrected chi connectivity index (χ4v) is 3.88. The predicted molar refractivity (Wildman–Crippen MR) is 97.1 cm³/mol. The van der Waals surface area contributed by atoms with Crippen LogP contribution in [0.25, 0.3) is 0 Å². The van der Waals surface area contributed by atoms with Gasteiger partial charge in [0.1, 0.15) is 11.1 Å². The van der Waals surface area contributed by atoms with Gasteiger partial charge in [-0.05, 0) is 31.9 Å². The van der Waals surface area contributed by atoms with Crippen molar-refractivity contribution in [1.29, 1.82) is 0 Å². The Balaban J connectivity index is 1.58. The zero-order valence-corrected chi connectivity index (χ0v) is 15.3. The second-order valence-electron chi connectivity index (χ2n) is 6.43. The molecule has 0 saturated carbocycles. The summed E-state index contributed by atoms with van der Waals surface area (Å²) in [5.41, 5.74) is 3.25. The van der Waals surface area contributed by atoms with E-state index in [0.29, 0.717) is 6.54 Å². The Morgan fingerprint density at radius 3 is 2.83 bits per heavy atom. The fraction of sp³-hybridized carbons (Fsp3) is 0.526. The van der Waals surface area contributed by atoms with Gasteiger partial charge in [-0.2, -0.15) is 0 Å². The van der Waals surface area contributed by atoms with E-state index in [4.69, 9.17) is 9.72 Å². The fourth-order valence-electron chi connectivity index (χ4n) is 2.99. The van der Waals surface area contributed by atoms with Gasteiger partial charge in [0.25, 0.3) is 0 Å². The molecule has 1 aromatic heterocycles. The molecule has 0 amide bonds. The van der Waals surface area contributed by atoms with Gasteiger partial charge in [-0.3, -0.25) is 4.90 Å². The molecule has 1 aliphatic heterocycles. The van der Waals surface area contributed by atoms with Crippen LogP contribution in [0.2, 0.25) is 0 Å². The van der Waals surface area contributed by atoms with Crippen LogP contribution in [0.15, 0.2) is 29.6 Å². The third-order valence-electron chi connectivity index (χ3n) is 4.50. The first kappa shape index (κ1) is 17.5. The van der Waals surface area contributed by atoms with Gasteiger partial charge < -0.3 is 9.84 Å². The number of aromatic nitrogens is 1. The lowest BCUT2D eigenvalue weighted by atomic mass is 10.1. The molecular formula is C19H26N2O2S. The minimum Gasteiger partial charge on any atom is -0.387 e. The van der Waals surface area contributed by atoms with Gasteiger partial charge >= 0.3 is 0 Å². The van der Waals surface area contributed by atoms with E-state index in [2.05, 4.69) is 24.1 Å². The van der Waals surface area contributed by atoms with E-state index < -0.39 is 6.10 Å². The van der Waals surface area contributed by atoms with Crippen molar-refractivity contribution in [3.8, 4) is 0 Å². The van der Waals surface area contributed by atoms with Crippen LogP contribution in [0.5, 0.6) is 0 Å². The van der Waals surface area contributed by atoms with E-state index in [9.17, 15) is 5.11 Å². The van der Waals surface area contributed by atoms with Crippen molar-refractivity contribution in [3.63, 3.8) is 0 Å². The molecule has 5 heteroatoms. The molecule has 0 radical (unpaired) electrons. The second-order valence-corrected chi connectivity index (χ2v) is 7.32. The number of ether oxygens (including phenoxy) is 1. The zero-order valence-electron chi connectivity index (χ0n) is 14.4. The number of aliphatic hydroxyl groups is 1. The van der Waals surface area contributed by atoms with Crippen LogP contribution in [0.1, 0.15) is 53.8 Å². The highest BCUT2D eigenvalue weighted by atomic mass is 32.1. The third kappa shape index (κ3) is 4.42. The average Bonchev–Trinajstić information content (AvgIpc) is 3.26. The molecule has 4 nitrogen and oxygen atoms in total. The molecule has 1 aromatic carbocycles. The average molecular weight is 346 g/mol. The molecule has 0 aliphatic carbocycles. The molecule has 24 heavy (non-hydrogen) atoms. The van der Waals surface area contributed by atoms with Gasteiger partial charge in [-0.1, -0.05) is 36.8 Å². The summed E-state index contributed by atoms with van der Waals surface area (Å²) in [4.78, 5) is 6.98. The lowest BCUT2D eigenvalue weighted by molar-refractivity contribution is 0.108. The van der Waals surface area contributed by atoms with Crippen molar-refractivity contribution >= 4 is 11.3 Å². The molecule has 130 valence electrons. The van der Waals surface area contributed by atoms with Gasteiger partial charge in [-0.15, -0.1) is 11.3 Å². The molecule has 0 bridgehead atoms. The molecule has 3 rings (SSSR count). The lowest BCUT2D eigenvalue weighted by Crippen LogP contribution is -2.28. The van der Waals surface area contributed by atoms with Crippen LogP contribution in [0, 0.1) is 6.92 Å². The van der Waals surface area contributed by atoms with E-state index in [1.807, 2.05) is 24.3 Å². The molecule has 1 N–H and O–H groups in total. The van der Waals surface area contributed by atoms with Crippen LogP contribution in [0.3, 0.4) is 0 Å². The van der Waals surface area contributed by atoms with E-state index >= 15 is 0 Å². The van der Waals surface area contributed by atoms with Crippen LogP contribution in [-0.4, -0.2) is 34.7 Å². The van der Waals surface area contributed by atoms with E-state index in [0.717, 1.165) is 48.8 Å². The molecule has 1 saturated heterocycles. The Morgan fingerprint density at radius 1 is 1.38 bits per heavy atom. The second kappa shape index (κ2) is 8.21. The topological polar surface area (TPSA) is 45.6 Å². The largest absolute Gasteiger partial charge is 0.387 e. The maximum absolute atomic E-state index is 10.5. The van der Waals surface area contributed by atoms with Crippen LogP contribution < -0.4 is 0 Å². The molecule has 2 unspecified atom stereocenters. The Labute approximate surface area is 148 Å². The van der Waals surface area contributed by atoms with Crippen molar-refractivity contribution in [2.75, 3.05) is 19.7 Å². The van der Waals surface area contributed by atoms with Crippen LogP contribution in [0.4, 0.5) is 0 Å². The van der Waals surface area contributed by atoms with E-state index in [-0.39, 0.29) is 6.10 Å². The Bertz CT molecular complexity index is 635. The standard InChI is InChI=1S/C19H26N2O2S/c1-3-21(12-17(22)15-8-6-14(2)7-9-15)11-16-13-24-19(20-16)18-5-4-10-23-18/h6-9,13,17-18,22H,3-5,10-12H2,1-2H3. The number of aliphatic hydroxyl groups excluding tert-OH is 1.